The molecule has 1 aliphatic rings. The van der Waals surface area contributed by atoms with E-state index in [4.69, 9.17) is 9.97 Å². The van der Waals surface area contributed by atoms with E-state index in [-0.39, 0.29) is 5.41 Å². The molecule has 0 amide bonds. The Hall–Kier alpha value is -7.20. The Morgan fingerprint density at radius 2 is 0.983 bits per heavy atom. The standard InChI is InChI=1S/C57H38N2S/c1-57(2)48-33-30-35-14-6-7-17-40(35)53(48)47-23-12-21-41(55(47)57)37-28-26-36(27-29-37)39-31-32-44(43-19-9-8-18-42(39)43)49-34-50(59-56(58-49)38-15-4-3-5-16-38)45-22-13-25-52-54(45)46-20-10-11-24-51(46)60-52/h3-34H,1-2H3. The van der Waals surface area contributed by atoms with Crippen LogP contribution in [0.15, 0.2) is 194 Å². The van der Waals surface area contributed by atoms with Crippen molar-refractivity contribution in [1.82, 2.24) is 9.97 Å². The third kappa shape index (κ3) is 5.33. The predicted molar refractivity (Wildman–Crippen MR) is 255 cm³/mol. The fraction of sp³-hybridized carbons (Fsp3) is 0.0526. The molecule has 0 aliphatic heterocycles. The van der Waals surface area contributed by atoms with Gasteiger partial charge >= 0.3 is 0 Å². The van der Waals surface area contributed by atoms with Crippen LogP contribution < -0.4 is 0 Å². The lowest BCUT2D eigenvalue weighted by molar-refractivity contribution is 0.662. The van der Waals surface area contributed by atoms with E-state index in [0.717, 1.165) is 39.3 Å². The van der Waals surface area contributed by atoms with Gasteiger partial charge in [-0.2, -0.15) is 0 Å². The van der Waals surface area contributed by atoms with Crippen molar-refractivity contribution in [2.75, 3.05) is 0 Å². The normalized spacial score (nSPS) is 13.0. The molecule has 2 aromatic heterocycles. The molecule has 2 nitrogen and oxygen atoms in total. The van der Waals surface area contributed by atoms with E-state index in [9.17, 15) is 0 Å². The van der Waals surface area contributed by atoms with E-state index < -0.39 is 0 Å². The van der Waals surface area contributed by atoms with Crippen molar-refractivity contribution in [3.8, 4) is 67.3 Å². The molecule has 0 radical (unpaired) electrons. The van der Waals surface area contributed by atoms with Crippen LogP contribution in [0.2, 0.25) is 0 Å². The second-order valence-electron chi connectivity index (χ2n) is 16.5. The molecule has 11 aromatic rings. The Morgan fingerprint density at radius 3 is 1.78 bits per heavy atom. The smallest absolute Gasteiger partial charge is 0.160 e. The average molecular weight is 783 g/mol. The summed E-state index contributed by atoms with van der Waals surface area (Å²) >= 11 is 1.83. The number of nitrogens with zero attached hydrogens (tertiary/aromatic N) is 2. The van der Waals surface area contributed by atoms with E-state index in [1.807, 2.05) is 17.4 Å². The third-order valence-corrected chi connectivity index (χ3v) is 13.8. The van der Waals surface area contributed by atoms with Crippen molar-refractivity contribution >= 4 is 53.1 Å². The molecule has 1 aliphatic carbocycles. The van der Waals surface area contributed by atoms with Crippen LogP contribution in [0.3, 0.4) is 0 Å². The van der Waals surface area contributed by atoms with Crippen LogP contribution >= 0.6 is 11.3 Å². The molecule has 0 saturated heterocycles. The van der Waals surface area contributed by atoms with Gasteiger partial charge in [-0.05, 0) is 84.3 Å². The zero-order chi connectivity index (χ0) is 40.0. The summed E-state index contributed by atoms with van der Waals surface area (Å²) in [5.41, 5.74) is 15.3. The maximum absolute atomic E-state index is 5.29. The Morgan fingerprint density at radius 1 is 0.400 bits per heavy atom. The first-order chi connectivity index (χ1) is 29.5. The highest BCUT2D eigenvalue weighted by Crippen LogP contribution is 2.54. The van der Waals surface area contributed by atoms with Crippen molar-refractivity contribution in [3.05, 3.63) is 205 Å². The van der Waals surface area contributed by atoms with E-state index in [0.29, 0.717) is 0 Å². The molecule has 0 spiro atoms. The van der Waals surface area contributed by atoms with Gasteiger partial charge < -0.3 is 0 Å². The van der Waals surface area contributed by atoms with E-state index in [1.54, 1.807) is 0 Å². The molecule has 0 saturated carbocycles. The van der Waals surface area contributed by atoms with Gasteiger partial charge in [0, 0.05) is 42.3 Å². The van der Waals surface area contributed by atoms with Crippen LogP contribution in [0, 0.1) is 0 Å². The maximum atomic E-state index is 5.29. The molecule has 3 heteroatoms. The second kappa shape index (κ2) is 13.4. The van der Waals surface area contributed by atoms with Crippen molar-refractivity contribution in [2.24, 2.45) is 0 Å². The van der Waals surface area contributed by atoms with E-state index in [2.05, 4.69) is 202 Å². The summed E-state index contributed by atoms with van der Waals surface area (Å²) in [5, 5.41) is 7.47. The molecule has 0 bridgehead atoms. The van der Waals surface area contributed by atoms with Gasteiger partial charge in [0.25, 0.3) is 0 Å². The molecule has 282 valence electrons. The fourth-order valence-electron chi connectivity index (χ4n) is 9.92. The minimum absolute atomic E-state index is 0.124. The lowest BCUT2D eigenvalue weighted by Gasteiger charge is -2.24. The fourth-order valence-corrected chi connectivity index (χ4v) is 11.1. The number of aromatic nitrogens is 2. The molecular formula is C57H38N2S. The Bertz CT molecular complexity index is 3500. The third-order valence-electron chi connectivity index (χ3n) is 12.7. The van der Waals surface area contributed by atoms with Gasteiger partial charge in [-0.25, -0.2) is 9.97 Å². The van der Waals surface area contributed by atoms with Crippen LogP contribution in [-0.2, 0) is 5.41 Å². The lowest BCUT2D eigenvalue weighted by atomic mass is 9.78. The highest BCUT2D eigenvalue weighted by molar-refractivity contribution is 7.25. The van der Waals surface area contributed by atoms with Crippen molar-refractivity contribution in [2.45, 2.75) is 19.3 Å². The topological polar surface area (TPSA) is 25.8 Å². The highest BCUT2D eigenvalue weighted by Gasteiger charge is 2.38. The van der Waals surface area contributed by atoms with Crippen molar-refractivity contribution < 1.29 is 0 Å². The van der Waals surface area contributed by atoms with E-state index in [1.165, 1.54) is 80.8 Å². The monoisotopic (exact) mass is 782 g/mol. The van der Waals surface area contributed by atoms with Crippen molar-refractivity contribution in [1.29, 1.82) is 0 Å². The van der Waals surface area contributed by atoms with Gasteiger partial charge in [0.15, 0.2) is 5.82 Å². The number of rotatable bonds is 5. The summed E-state index contributed by atoms with van der Waals surface area (Å²) in [6, 6.07) is 70.5. The van der Waals surface area contributed by atoms with Gasteiger partial charge in [-0.1, -0.05) is 190 Å². The van der Waals surface area contributed by atoms with Crippen LogP contribution in [0.25, 0.3) is 109 Å². The number of benzene rings is 9. The maximum Gasteiger partial charge on any atom is 0.160 e. The molecule has 0 fully saturated rings. The highest BCUT2D eigenvalue weighted by atomic mass is 32.1. The molecule has 12 rings (SSSR count). The largest absolute Gasteiger partial charge is 0.228 e. The summed E-state index contributed by atoms with van der Waals surface area (Å²) in [6.45, 7) is 4.76. The first-order valence-electron chi connectivity index (χ1n) is 20.7. The SMILES string of the molecule is CC1(C)c2ccc3ccccc3c2-c2cccc(-c3ccc(-c4ccc(-c5cc(-c6cccc7sc8ccccc8c67)nc(-c6ccccc6)n5)c5ccccc45)cc3)c21. The molecule has 0 unspecified atom stereocenters. The number of thiophene rings is 1. The summed E-state index contributed by atoms with van der Waals surface area (Å²) in [4.78, 5) is 10.6. The summed E-state index contributed by atoms with van der Waals surface area (Å²) in [7, 11) is 0. The van der Waals surface area contributed by atoms with Crippen molar-refractivity contribution in [3.63, 3.8) is 0 Å². The van der Waals surface area contributed by atoms with E-state index >= 15 is 0 Å². The quantitative estimate of drug-likeness (QED) is 0.174. The van der Waals surface area contributed by atoms with Crippen LogP contribution in [-0.4, -0.2) is 9.97 Å². The molecule has 0 atom stereocenters. The predicted octanol–water partition coefficient (Wildman–Crippen LogP) is 15.8. The molecule has 60 heavy (non-hydrogen) atoms. The number of fused-ring (bicyclic) bond motifs is 9. The van der Waals surface area contributed by atoms with Gasteiger partial charge in [0.05, 0.1) is 11.4 Å². The average Bonchev–Trinajstić information content (AvgIpc) is 3.81. The molecule has 9 aromatic carbocycles. The van der Waals surface area contributed by atoms with Gasteiger partial charge in [-0.3, -0.25) is 0 Å². The second-order valence-corrected chi connectivity index (χ2v) is 17.5. The lowest BCUT2D eigenvalue weighted by Crippen LogP contribution is -2.16. The number of hydrogen-bond acceptors (Lipinski definition) is 3. The molecular weight excluding hydrogens is 745 g/mol. The Labute approximate surface area is 353 Å². The summed E-state index contributed by atoms with van der Waals surface area (Å²) in [6.07, 6.45) is 0. The number of hydrogen-bond donors (Lipinski definition) is 0. The van der Waals surface area contributed by atoms with Crippen LogP contribution in [0.4, 0.5) is 0 Å². The summed E-state index contributed by atoms with van der Waals surface area (Å²) in [5.74, 6) is 0.718. The summed E-state index contributed by atoms with van der Waals surface area (Å²) < 4.78 is 2.54. The first-order valence-corrected chi connectivity index (χ1v) is 21.5. The minimum Gasteiger partial charge on any atom is -0.228 e. The van der Waals surface area contributed by atoms with Crippen LogP contribution in [0.5, 0.6) is 0 Å². The zero-order valence-corrected chi connectivity index (χ0v) is 34.1. The zero-order valence-electron chi connectivity index (χ0n) is 33.3. The van der Waals surface area contributed by atoms with Gasteiger partial charge in [-0.15, -0.1) is 11.3 Å². The Balaban J connectivity index is 0.977. The van der Waals surface area contributed by atoms with Crippen LogP contribution in [0.1, 0.15) is 25.0 Å². The Kier molecular flexibility index (Phi) is 7.79. The minimum atomic E-state index is -0.124. The molecule has 2 heterocycles. The first kappa shape index (κ1) is 34.8. The van der Waals surface area contributed by atoms with Gasteiger partial charge in [0.2, 0.25) is 0 Å². The molecule has 0 N–H and O–H groups in total. The van der Waals surface area contributed by atoms with Gasteiger partial charge in [0.1, 0.15) is 0 Å².